The Hall–Kier alpha value is -1.34. The van der Waals surface area contributed by atoms with Crippen molar-refractivity contribution >= 4 is 11.7 Å². The van der Waals surface area contributed by atoms with Crippen LogP contribution in [0.5, 0.6) is 0 Å². The smallest absolute Gasteiger partial charge is 0.254 e. The van der Waals surface area contributed by atoms with E-state index in [9.17, 15) is 4.79 Å². The SMILES string of the molecule is CC(C(N)=NO)N(C)C(=O)C1COCCO1. The van der Waals surface area contributed by atoms with E-state index >= 15 is 0 Å². The predicted octanol–water partition coefficient (Wildman–Crippen LogP) is -1.00. The maximum Gasteiger partial charge on any atom is 0.254 e. The summed E-state index contributed by atoms with van der Waals surface area (Å²) in [7, 11) is 1.57. The van der Waals surface area contributed by atoms with Crippen LogP contribution < -0.4 is 5.73 Å². The first-order valence-electron chi connectivity index (χ1n) is 5.01. The van der Waals surface area contributed by atoms with E-state index in [0.29, 0.717) is 13.2 Å². The molecule has 7 heteroatoms. The van der Waals surface area contributed by atoms with Crippen LogP contribution in [0.15, 0.2) is 5.16 Å². The van der Waals surface area contributed by atoms with E-state index in [4.69, 9.17) is 20.4 Å². The van der Waals surface area contributed by atoms with Crippen LogP contribution in [0.25, 0.3) is 0 Å². The van der Waals surface area contributed by atoms with E-state index in [-0.39, 0.29) is 18.3 Å². The highest BCUT2D eigenvalue weighted by Crippen LogP contribution is 2.07. The van der Waals surface area contributed by atoms with Crippen molar-refractivity contribution in [1.82, 2.24) is 4.90 Å². The Labute approximate surface area is 93.8 Å². The Balaban J connectivity index is 2.58. The third-order valence-electron chi connectivity index (χ3n) is 2.56. The van der Waals surface area contributed by atoms with E-state index in [0.717, 1.165) is 0 Å². The number of ether oxygens (including phenoxy) is 2. The molecule has 1 saturated heterocycles. The van der Waals surface area contributed by atoms with Crippen molar-refractivity contribution in [2.24, 2.45) is 10.9 Å². The molecule has 1 rings (SSSR count). The van der Waals surface area contributed by atoms with Gasteiger partial charge in [0.15, 0.2) is 11.9 Å². The number of rotatable bonds is 3. The molecule has 1 aliphatic rings. The Bertz CT molecular complexity index is 276. The zero-order valence-electron chi connectivity index (χ0n) is 9.42. The van der Waals surface area contributed by atoms with Gasteiger partial charge in [-0.05, 0) is 6.92 Å². The van der Waals surface area contributed by atoms with Crippen molar-refractivity contribution in [3.63, 3.8) is 0 Å². The van der Waals surface area contributed by atoms with Gasteiger partial charge >= 0.3 is 0 Å². The summed E-state index contributed by atoms with van der Waals surface area (Å²) >= 11 is 0. The molecule has 0 aromatic heterocycles. The molecule has 0 aromatic rings. The zero-order valence-corrected chi connectivity index (χ0v) is 9.42. The quantitative estimate of drug-likeness (QED) is 0.281. The fourth-order valence-electron chi connectivity index (χ4n) is 1.33. The number of hydrogen-bond acceptors (Lipinski definition) is 5. The van der Waals surface area contributed by atoms with Gasteiger partial charge in [0.1, 0.15) is 0 Å². The molecule has 1 heterocycles. The molecule has 1 amide bonds. The molecule has 16 heavy (non-hydrogen) atoms. The normalized spacial score (nSPS) is 23.9. The van der Waals surface area contributed by atoms with Gasteiger partial charge in [0.05, 0.1) is 25.9 Å². The first-order valence-corrected chi connectivity index (χ1v) is 5.01. The molecule has 1 aliphatic heterocycles. The van der Waals surface area contributed by atoms with Crippen molar-refractivity contribution < 1.29 is 19.5 Å². The molecule has 0 spiro atoms. The van der Waals surface area contributed by atoms with Crippen LogP contribution >= 0.6 is 0 Å². The molecule has 3 N–H and O–H groups in total. The monoisotopic (exact) mass is 231 g/mol. The lowest BCUT2D eigenvalue weighted by Gasteiger charge is -2.29. The molecule has 2 atom stereocenters. The minimum atomic E-state index is -0.604. The van der Waals surface area contributed by atoms with E-state index in [1.54, 1.807) is 14.0 Å². The maximum absolute atomic E-state index is 11.9. The number of oxime groups is 1. The zero-order chi connectivity index (χ0) is 12.1. The average Bonchev–Trinajstić information content (AvgIpc) is 2.36. The first-order chi connectivity index (χ1) is 7.57. The second kappa shape index (κ2) is 5.66. The fourth-order valence-corrected chi connectivity index (χ4v) is 1.33. The minimum absolute atomic E-state index is 0.0208. The van der Waals surface area contributed by atoms with Crippen LogP contribution in [0.3, 0.4) is 0 Å². The number of carbonyl (C=O) groups is 1. The Morgan fingerprint density at radius 1 is 1.62 bits per heavy atom. The Morgan fingerprint density at radius 2 is 2.31 bits per heavy atom. The average molecular weight is 231 g/mol. The molecule has 0 aromatic carbocycles. The number of nitrogens with zero attached hydrogens (tertiary/aromatic N) is 2. The fraction of sp³-hybridized carbons (Fsp3) is 0.778. The summed E-state index contributed by atoms with van der Waals surface area (Å²) in [4.78, 5) is 13.3. The molecule has 0 saturated carbocycles. The van der Waals surface area contributed by atoms with Gasteiger partial charge in [0.25, 0.3) is 5.91 Å². The van der Waals surface area contributed by atoms with Crippen molar-refractivity contribution in [3.05, 3.63) is 0 Å². The molecular weight excluding hydrogens is 214 g/mol. The van der Waals surface area contributed by atoms with Crippen LogP contribution in [0, 0.1) is 0 Å². The van der Waals surface area contributed by atoms with E-state index in [1.807, 2.05) is 0 Å². The summed E-state index contributed by atoms with van der Waals surface area (Å²) in [6.45, 7) is 2.81. The molecule has 0 bridgehead atoms. The van der Waals surface area contributed by atoms with Gasteiger partial charge in [0.2, 0.25) is 0 Å². The summed E-state index contributed by atoms with van der Waals surface area (Å²) in [5.41, 5.74) is 5.42. The number of likely N-dealkylation sites (N-methyl/N-ethyl adjacent to an activating group) is 1. The number of hydrogen-bond donors (Lipinski definition) is 2. The standard InChI is InChI=1S/C9H17N3O4/c1-6(8(10)11-14)12(2)9(13)7-5-15-3-4-16-7/h6-7,14H,3-5H2,1-2H3,(H2,10,11). The van der Waals surface area contributed by atoms with Crippen LogP contribution in [-0.4, -0.2) is 60.9 Å². The van der Waals surface area contributed by atoms with Crippen molar-refractivity contribution in [2.45, 2.75) is 19.1 Å². The van der Waals surface area contributed by atoms with Crippen LogP contribution in [0.2, 0.25) is 0 Å². The van der Waals surface area contributed by atoms with E-state index in [1.165, 1.54) is 4.90 Å². The second-order valence-corrected chi connectivity index (χ2v) is 3.58. The maximum atomic E-state index is 11.9. The van der Waals surface area contributed by atoms with Gasteiger partial charge in [-0.2, -0.15) is 0 Å². The van der Waals surface area contributed by atoms with E-state index < -0.39 is 12.1 Å². The lowest BCUT2D eigenvalue weighted by atomic mass is 10.2. The highest BCUT2D eigenvalue weighted by molar-refractivity contribution is 5.90. The second-order valence-electron chi connectivity index (χ2n) is 3.58. The van der Waals surface area contributed by atoms with Gasteiger partial charge in [0, 0.05) is 7.05 Å². The summed E-state index contributed by atoms with van der Waals surface area (Å²) in [5, 5.41) is 11.4. The van der Waals surface area contributed by atoms with Crippen molar-refractivity contribution in [2.75, 3.05) is 26.9 Å². The van der Waals surface area contributed by atoms with Gasteiger partial charge < -0.3 is 25.3 Å². The molecule has 0 aliphatic carbocycles. The lowest BCUT2D eigenvalue weighted by molar-refractivity contribution is -0.157. The third-order valence-corrected chi connectivity index (χ3v) is 2.56. The highest BCUT2D eigenvalue weighted by Gasteiger charge is 2.29. The van der Waals surface area contributed by atoms with Gasteiger partial charge in [-0.15, -0.1) is 0 Å². The van der Waals surface area contributed by atoms with Crippen LogP contribution in [0.4, 0.5) is 0 Å². The summed E-state index contributed by atoms with van der Waals surface area (Å²) < 4.78 is 10.4. The largest absolute Gasteiger partial charge is 0.409 e. The topological polar surface area (TPSA) is 97.4 Å². The van der Waals surface area contributed by atoms with E-state index in [2.05, 4.69) is 5.16 Å². The lowest BCUT2D eigenvalue weighted by Crippen LogP contribution is -2.50. The van der Waals surface area contributed by atoms with Crippen molar-refractivity contribution in [1.29, 1.82) is 0 Å². The molecule has 92 valence electrons. The number of nitrogens with two attached hydrogens (primary N) is 1. The number of carbonyl (C=O) groups excluding carboxylic acids is 1. The van der Waals surface area contributed by atoms with Crippen LogP contribution in [0.1, 0.15) is 6.92 Å². The highest BCUT2D eigenvalue weighted by atomic mass is 16.6. The minimum Gasteiger partial charge on any atom is -0.409 e. The van der Waals surface area contributed by atoms with Crippen LogP contribution in [-0.2, 0) is 14.3 Å². The summed E-state index contributed by atoms with van der Waals surface area (Å²) in [6.07, 6.45) is -0.604. The van der Waals surface area contributed by atoms with Crippen molar-refractivity contribution in [3.8, 4) is 0 Å². The Kier molecular flexibility index (Phi) is 4.51. The Morgan fingerprint density at radius 3 is 2.81 bits per heavy atom. The van der Waals surface area contributed by atoms with Gasteiger partial charge in [-0.1, -0.05) is 5.16 Å². The molecule has 7 nitrogen and oxygen atoms in total. The number of amides is 1. The number of amidine groups is 1. The molecular formula is C9H17N3O4. The molecule has 2 unspecified atom stereocenters. The first kappa shape index (κ1) is 12.7. The molecule has 1 fully saturated rings. The summed E-state index contributed by atoms with van der Waals surface area (Å²) in [5.74, 6) is -0.258. The molecule has 0 radical (unpaired) electrons. The van der Waals surface area contributed by atoms with Gasteiger partial charge in [-0.3, -0.25) is 4.79 Å². The van der Waals surface area contributed by atoms with Gasteiger partial charge in [-0.25, -0.2) is 0 Å². The summed E-state index contributed by atoms with van der Waals surface area (Å²) in [6, 6.07) is -0.483. The third kappa shape index (κ3) is 2.83. The predicted molar refractivity (Wildman–Crippen MR) is 56.2 cm³/mol.